The number of anilines is 1. The first kappa shape index (κ1) is 15.0. The molecule has 102 valence electrons. The molecule has 1 aromatic rings. The normalized spacial score (nSPS) is 11.5. The van der Waals surface area contributed by atoms with Crippen molar-refractivity contribution in [3.63, 3.8) is 0 Å². The van der Waals surface area contributed by atoms with Crippen molar-refractivity contribution in [2.24, 2.45) is 0 Å². The summed E-state index contributed by atoms with van der Waals surface area (Å²) >= 11 is 5.77. The molecule has 0 saturated heterocycles. The van der Waals surface area contributed by atoms with Crippen LogP contribution in [0, 0.1) is 0 Å². The van der Waals surface area contributed by atoms with Crippen LogP contribution >= 0.6 is 11.6 Å². The van der Waals surface area contributed by atoms with E-state index in [-0.39, 0.29) is 16.5 Å². The Balaban J connectivity index is 2.78. The van der Waals surface area contributed by atoms with Gasteiger partial charge in [0.15, 0.2) is 0 Å². The van der Waals surface area contributed by atoms with Crippen molar-refractivity contribution in [2.45, 2.75) is 19.9 Å². The minimum Gasteiger partial charge on any atom is -0.478 e. The van der Waals surface area contributed by atoms with E-state index in [2.05, 4.69) is 10.6 Å². The van der Waals surface area contributed by atoms with Gasteiger partial charge < -0.3 is 15.7 Å². The molecule has 1 rings (SSSR count). The molecule has 0 aliphatic carbocycles. The van der Waals surface area contributed by atoms with Crippen LogP contribution in [-0.2, 0) is 9.59 Å². The van der Waals surface area contributed by atoms with Crippen LogP contribution in [0.4, 0.5) is 5.69 Å². The highest BCUT2D eigenvalue weighted by Crippen LogP contribution is 2.21. The average Bonchev–Trinajstić information content (AvgIpc) is 2.27. The lowest BCUT2D eigenvalue weighted by Crippen LogP contribution is -2.40. The molecule has 1 unspecified atom stereocenters. The maximum absolute atomic E-state index is 11.7. The molecule has 2 amide bonds. The quantitative estimate of drug-likeness (QED) is 0.781. The van der Waals surface area contributed by atoms with Gasteiger partial charge in [-0.3, -0.25) is 9.59 Å². The second-order valence-corrected chi connectivity index (χ2v) is 4.32. The van der Waals surface area contributed by atoms with Crippen molar-refractivity contribution in [1.82, 2.24) is 5.32 Å². The number of carbonyl (C=O) groups excluding carboxylic acids is 2. The zero-order valence-corrected chi connectivity index (χ0v) is 11.1. The van der Waals surface area contributed by atoms with Crippen LogP contribution < -0.4 is 10.6 Å². The number of carboxylic acid groups (broad SMARTS) is 1. The highest BCUT2D eigenvalue weighted by molar-refractivity contribution is 6.33. The fraction of sp³-hybridized carbons (Fsp3) is 0.250. The molecule has 7 heteroatoms. The van der Waals surface area contributed by atoms with Crippen molar-refractivity contribution in [2.75, 3.05) is 5.32 Å². The number of benzene rings is 1. The molecule has 3 N–H and O–H groups in total. The van der Waals surface area contributed by atoms with Gasteiger partial charge in [0.2, 0.25) is 11.8 Å². The highest BCUT2D eigenvalue weighted by Gasteiger charge is 2.15. The number of nitrogens with one attached hydrogen (secondary N) is 2. The van der Waals surface area contributed by atoms with Crippen LogP contribution in [0.25, 0.3) is 0 Å². The monoisotopic (exact) mass is 284 g/mol. The summed E-state index contributed by atoms with van der Waals surface area (Å²) < 4.78 is 0. The highest BCUT2D eigenvalue weighted by atomic mass is 35.5. The van der Waals surface area contributed by atoms with E-state index < -0.39 is 17.9 Å². The Hall–Kier alpha value is -2.08. The molecule has 1 aromatic carbocycles. The first-order chi connectivity index (χ1) is 8.81. The third kappa shape index (κ3) is 4.26. The van der Waals surface area contributed by atoms with Gasteiger partial charge in [-0.1, -0.05) is 11.6 Å². The molecule has 0 aliphatic heterocycles. The van der Waals surface area contributed by atoms with E-state index in [4.69, 9.17) is 16.7 Å². The Morgan fingerprint density at radius 1 is 1.32 bits per heavy atom. The third-order valence-electron chi connectivity index (χ3n) is 2.28. The largest absolute Gasteiger partial charge is 0.478 e. The second kappa shape index (κ2) is 6.19. The fourth-order valence-corrected chi connectivity index (χ4v) is 1.65. The number of hydrogen-bond acceptors (Lipinski definition) is 3. The molecule has 1 atom stereocenters. The zero-order valence-electron chi connectivity index (χ0n) is 10.4. The Bertz CT molecular complexity index is 530. The summed E-state index contributed by atoms with van der Waals surface area (Å²) in [6.07, 6.45) is 0. The Morgan fingerprint density at radius 2 is 1.95 bits per heavy atom. The van der Waals surface area contributed by atoms with Crippen LogP contribution in [0.5, 0.6) is 0 Å². The smallest absolute Gasteiger partial charge is 0.337 e. The van der Waals surface area contributed by atoms with E-state index in [1.54, 1.807) is 0 Å². The van der Waals surface area contributed by atoms with Crippen molar-refractivity contribution in [3.8, 4) is 0 Å². The van der Waals surface area contributed by atoms with E-state index in [0.717, 1.165) is 0 Å². The number of aromatic carboxylic acids is 1. The third-order valence-corrected chi connectivity index (χ3v) is 2.59. The van der Waals surface area contributed by atoms with Crippen LogP contribution in [0.3, 0.4) is 0 Å². The molecule has 0 radical (unpaired) electrons. The van der Waals surface area contributed by atoms with Crippen molar-refractivity contribution in [1.29, 1.82) is 0 Å². The second-order valence-electron chi connectivity index (χ2n) is 3.91. The lowest BCUT2D eigenvalue weighted by molar-refractivity contribution is -0.124. The van der Waals surface area contributed by atoms with Crippen LogP contribution in [0.1, 0.15) is 24.2 Å². The molecular weight excluding hydrogens is 272 g/mol. The number of rotatable bonds is 4. The predicted molar refractivity (Wildman–Crippen MR) is 70.3 cm³/mol. The van der Waals surface area contributed by atoms with Gasteiger partial charge >= 0.3 is 5.97 Å². The average molecular weight is 285 g/mol. The maximum Gasteiger partial charge on any atom is 0.337 e. The van der Waals surface area contributed by atoms with Crippen LogP contribution in [0.15, 0.2) is 18.2 Å². The summed E-state index contributed by atoms with van der Waals surface area (Å²) in [5, 5.41) is 13.8. The van der Waals surface area contributed by atoms with Gasteiger partial charge in [0.25, 0.3) is 0 Å². The number of halogens is 1. The first-order valence-corrected chi connectivity index (χ1v) is 5.80. The zero-order chi connectivity index (χ0) is 14.6. The molecule has 19 heavy (non-hydrogen) atoms. The number of carbonyl (C=O) groups is 3. The maximum atomic E-state index is 11.7. The van der Waals surface area contributed by atoms with E-state index in [1.807, 2.05) is 0 Å². The molecule has 0 saturated carbocycles. The van der Waals surface area contributed by atoms with Crippen molar-refractivity contribution >= 4 is 35.1 Å². The van der Waals surface area contributed by atoms with E-state index in [1.165, 1.54) is 32.0 Å². The van der Waals surface area contributed by atoms with Crippen LogP contribution in [0.2, 0.25) is 5.02 Å². The molecule has 0 spiro atoms. The summed E-state index contributed by atoms with van der Waals surface area (Å²) in [4.78, 5) is 33.3. The van der Waals surface area contributed by atoms with Crippen molar-refractivity contribution in [3.05, 3.63) is 28.8 Å². The van der Waals surface area contributed by atoms with E-state index >= 15 is 0 Å². The molecule has 0 aliphatic rings. The van der Waals surface area contributed by atoms with Crippen LogP contribution in [-0.4, -0.2) is 28.9 Å². The van der Waals surface area contributed by atoms with E-state index in [0.29, 0.717) is 5.69 Å². The van der Waals surface area contributed by atoms with Gasteiger partial charge in [-0.15, -0.1) is 0 Å². The summed E-state index contributed by atoms with van der Waals surface area (Å²) in [6, 6.07) is 3.36. The molecule has 0 aromatic heterocycles. The Morgan fingerprint density at radius 3 is 2.42 bits per heavy atom. The topological polar surface area (TPSA) is 95.5 Å². The number of carboxylic acids is 1. The Kier molecular flexibility index (Phi) is 4.88. The van der Waals surface area contributed by atoms with Gasteiger partial charge in [0.05, 0.1) is 10.6 Å². The van der Waals surface area contributed by atoms with Gasteiger partial charge in [0.1, 0.15) is 6.04 Å². The lowest BCUT2D eigenvalue weighted by Gasteiger charge is -2.13. The lowest BCUT2D eigenvalue weighted by atomic mass is 10.2. The summed E-state index contributed by atoms with van der Waals surface area (Å²) in [6.45, 7) is 2.84. The van der Waals surface area contributed by atoms with Gasteiger partial charge in [-0.25, -0.2) is 4.79 Å². The minimum absolute atomic E-state index is 0.0254. The number of hydrogen-bond donors (Lipinski definition) is 3. The molecule has 0 fully saturated rings. The summed E-state index contributed by atoms with van der Waals surface area (Å²) in [5.41, 5.74) is 0.312. The minimum atomic E-state index is -1.14. The first-order valence-electron chi connectivity index (χ1n) is 5.42. The predicted octanol–water partition coefficient (Wildman–Crippen LogP) is 1.50. The molecule has 6 nitrogen and oxygen atoms in total. The fourth-order valence-electron chi connectivity index (χ4n) is 1.39. The van der Waals surface area contributed by atoms with Gasteiger partial charge in [-0.05, 0) is 25.1 Å². The number of amides is 2. The molecule has 0 heterocycles. The van der Waals surface area contributed by atoms with E-state index in [9.17, 15) is 14.4 Å². The molecular formula is C12H13ClN2O4. The SMILES string of the molecule is CC(=O)NC(C)C(=O)Nc1ccc(C(=O)O)c(Cl)c1. The standard InChI is InChI=1S/C12H13ClN2O4/c1-6(14-7(2)16)11(17)15-8-3-4-9(12(18)19)10(13)5-8/h3-6H,1-2H3,(H,14,16)(H,15,17)(H,18,19). The Labute approximate surface area is 114 Å². The van der Waals surface area contributed by atoms with Gasteiger partial charge in [-0.2, -0.15) is 0 Å². The summed E-state index contributed by atoms with van der Waals surface area (Å²) in [5.74, 6) is -1.88. The summed E-state index contributed by atoms with van der Waals surface area (Å²) in [7, 11) is 0. The van der Waals surface area contributed by atoms with Crippen molar-refractivity contribution < 1.29 is 19.5 Å². The van der Waals surface area contributed by atoms with Gasteiger partial charge in [0, 0.05) is 12.6 Å². The molecule has 0 bridgehead atoms.